The van der Waals surface area contributed by atoms with E-state index in [9.17, 15) is 14.9 Å². The van der Waals surface area contributed by atoms with Crippen LogP contribution in [0.2, 0.25) is 0 Å². The number of anilines is 4. The highest BCUT2D eigenvalue weighted by Gasteiger charge is 2.32. The predicted molar refractivity (Wildman–Crippen MR) is 130 cm³/mol. The average Bonchev–Trinajstić information content (AvgIpc) is 3.17. The topological polar surface area (TPSA) is 126 Å². The molecule has 1 aromatic heterocycles. The Morgan fingerprint density at radius 1 is 1.24 bits per heavy atom. The van der Waals surface area contributed by atoms with E-state index in [1.165, 1.54) is 6.33 Å². The fourth-order valence-electron chi connectivity index (χ4n) is 3.91. The second-order valence-electron chi connectivity index (χ2n) is 7.75. The molecule has 3 heterocycles. The van der Waals surface area contributed by atoms with Crippen LogP contribution in [0.5, 0.6) is 0 Å². The Labute approximate surface area is 205 Å². The lowest BCUT2D eigenvalue weighted by molar-refractivity contribution is -0.383. The fourth-order valence-corrected chi connectivity index (χ4v) is 4.31. The zero-order valence-corrected chi connectivity index (χ0v) is 19.8. The number of aliphatic imine (C=N–C) groups is 1. The molecule has 1 N–H and O–H groups in total. The Kier molecular flexibility index (Phi) is 7.32. The number of nitrogens with zero attached hydrogens (tertiary/aromatic N) is 6. The van der Waals surface area contributed by atoms with E-state index in [0.29, 0.717) is 38.2 Å². The lowest BCUT2D eigenvalue weighted by Crippen LogP contribution is -2.37. The number of benzene rings is 1. The van der Waals surface area contributed by atoms with Crippen LogP contribution in [-0.2, 0) is 9.53 Å². The summed E-state index contributed by atoms with van der Waals surface area (Å²) in [7, 11) is 0. The first kappa shape index (κ1) is 24.0. The Morgan fingerprint density at radius 3 is 2.53 bits per heavy atom. The van der Waals surface area contributed by atoms with Crippen molar-refractivity contribution in [3.8, 4) is 0 Å². The summed E-state index contributed by atoms with van der Waals surface area (Å²) in [6.45, 7) is 3.00. The highest BCUT2D eigenvalue weighted by molar-refractivity contribution is 6.33. The molecule has 0 radical (unpaired) electrons. The molecule has 1 fully saturated rings. The van der Waals surface area contributed by atoms with Crippen LogP contribution in [0.25, 0.3) is 0 Å². The lowest BCUT2D eigenvalue weighted by atomic mass is 9.97. The minimum atomic E-state index is -0.538. The molecule has 2 aliphatic heterocycles. The SMILES string of the molecule is CCOC(=O)C1CCN(c2ncnc(Nc3ccc(N4C=NC(Cl)C4Cl)cc3)c2[N+](=O)[O-])CC1. The van der Waals surface area contributed by atoms with E-state index in [-0.39, 0.29) is 29.2 Å². The van der Waals surface area contributed by atoms with Crippen molar-refractivity contribution in [3.63, 3.8) is 0 Å². The fraction of sp³-hybridized carbons (Fsp3) is 0.429. The van der Waals surface area contributed by atoms with Gasteiger partial charge in [-0.1, -0.05) is 23.2 Å². The van der Waals surface area contributed by atoms with E-state index >= 15 is 0 Å². The zero-order chi connectivity index (χ0) is 24.2. The van der Waals surface area contributed by atoms with Crippen molar-refractivity contribution >= 4 is 64.2 Å². The number of carbonyl (C=O) groups is 1. The van der Waals surface area contributed by atoms with Crippen LogP contribution in [0.1, 0.15) is 19.8 Å². The Balaban J connectivity index is 1.50. The number of hydrogen-bond donors (Lipinski definition) is 1. The van der Waals surface area contributed by atoms with Gasteiger partial charge >= 0.3 is 11.7 Å². The van der Waals surface area contributed by atoms with Crippen LogP contribution < -0.4 is 15.1 Å². The van der Waals surface area contributed by atoms with Gasteiger partial charge in [-0.15, -0.1) is 0 Å². The summed E-state index contributed by atoms with van der Waals surface area (Å²) >= 11 is 12.3. The van der Waals surface area contributed by atoms with Gasteiger partial charge in [-0.2, -0.15) is 0 Å². The summed E-state index contributed by atoms with van der Waals surface area (Å²) in [4.78, 5) is 39.4. The molecule has 0 bridgehead atoms. The van der Waals surface area contributed by atoms with Crippen LogP contribution in [-0.4, -0.2) is 57.9 Å². The number of halogens is 2. The molecule has 34 heavy (non-hydrogen) atoms. The van der Waals surface area contributed by atoms with Crippen LogP contribution in [0.3, 0.4) is 0 Å². The molecule has 2 atom stereocenters. The summed E-state index contributed by atoms with van der Waals surface area (Å²) in [5, 5.41) is 15.0. The van der Waals surface area contributed by atoms with E-state index in [4.69, 9.17) is 27.9 Å². The molecular formula is C21H23Cl2N7O4. The number of carbonyl (C=O) groups excluding carboxylic acids is 1. The maximum Gasteiger partial charge on any atom is 0.353 e. The second-order valence-corrected chi connectivity index (χ2v) is 8.65. The highest BCUT2D eigenvalue weighted by Crippen LogP contribution is 2.36. The van der Waals surface area contributed by atoms with Crippen molar-refractivity contribution in [3.05, 3.63) is 40.7 Å². The molecule has 2 aromatic rings. The number of piperidine rings is 1. The maximum absolute atomic E-state index is 12.0. The second kappa shape index (κ2) is 10.4. The summed E-state index contributed by atoms with van der Waals surface area (Å²) in [5.74, 6) is -0.148. The van der Waals surface area contributed by atoms with Crippen molar-refractivity contribution in [1.29, 1.82) is 0 Å². The minimum absolute atomic E-state index is 0.0778. The smallest absolute Gasteiger partial charge is 0.353 e. The molecule has 4 rings (SSSR count). The molecule has 0 amide bonds. The van der Waals surface area contributed by atoms with Gasteiger partial charge in [0.1, 0.15) is 11.8 Å². The van der Waals surface area contributed by atoms with Crippen LogP contribution in [0.4, 0.5) is 28.7 Å². The monoisotopic (exact) mass is 507 g/mol. The largest absolute Gasteiger partial charge is 0.466 e. The molecule has 11 nitrogen and oxygen atoms in total. The van der Waals surface area contributed by atoms with Crippen molar-refractivity contribution in [1.82, 2.24) is 9.97 Å². The van der Waals surface area contributed by atoms with E-state index in [1.807, 2.05) is 0 Å². The summed E-state index contributed by atoms with van der Waals surface area (Å²) in [6, 6.07) is 7.11. The van der Waals surface area contributed by atoms with Crippen LogP contribution >= 0.6 is 23.2 Å². The van der Waals surface area contributed by atoms with E-state index < -0.39 is 15.9 Å². The van der Waals surface area contributed by atoms with Gasteiger partial charge in [0.25, 0.3) is 0 Å². The predicted octanol–water partition coefficient (Wildman–Crippen LogP) is 3.89. The first-order chi connectivity index (χ1) is 16.4. The van der Waals surface area contributed by atoms with E-state index in [2.05, 4.69) is 20.3 Å². The molecule has 0 saturated carbocycles. The number of aromatic nitrogens is 2. The summed E-state index contributed by atoms with van der Waals surface area (Å²) < 4.78 is 5.10. The average molecular weight is 508 g/mol. The normalized spacial score (nSPS) is 20.4. The maximum atomic E-state index is 12.0. The van der Waals surface area contributed by atoms with Crippen molar-refractivity contribution in [2.75, 3.05) is 34.8 Å². The molecule has 1 aromatic carbocycles. The number of alkyl halides is 2. The van der Waals surface area contributed by atoms with Gasteiger partial charge in [0.15, 0.2) is 5.50 Å². The third-order valence-corrected chi connectivity index (χ3v) is 6.58. The van der Waals surface area contributed by atoms with Gasteiger partial charge in [-0.25, -0.2) is 9.97 Å². The molecule has 180 valence electrons. The van der Waals surface area contributed by atoms with E-state index in [0.717, 1.165) is 5.69 Å². The van der Waals surface area contributed by atoms with Gasteiger partial charge < -0.3 is 19.9 Å². The molecule has 1 saturated heterocycles. The quantitative estimate of drug-likeness (QED) is 0.195. The number of nitrogens with one attached hydrogen (secondary N) is 1. The van der Waals surface area contributed by atoms with Gasteiger partial charge in [0.2, 0.25) is 11.6 Å². The number of esters is 1. The molecule has 2 aliphatic rings. The minimum Gasteiger partial charge on any atom is -0.466 e. The van der Waals surface area contributed by atoms with Crippen LogP contribution in [0, 0.1) is 16.0 Å². The molecular weight excluding hydrogens is 485 g/mol. The van der Waals surface area contributed by atoms with Gasteiger partial charge in [-0.05, 0) is 44.0 Å². The molecule has 0 spiro atoms. The van der Waals surface area contributed by atoms with Crippen LogP contribution in [0.15, 0.2) is 35.6 Å². The Hall–Kier alpha value is -3.18. The molecule has 13 heteroatoms. The Morgan fingerprint density at radius 2 is 1.94 bits per heavy atom. The zero-order valence-electron chi connectivity index (χ0n) is 18.3. The number of ether oxygens (including phenoxy) is 1. The summed E-state index contributed by atoms with van der Waals surface area (Å²) in [5.41, 5.74) is 0.114. The van der Waals surface area contributed by atoms with Gasteiger partial charge in [0, 0.05) is 24.5 Å². The number of hydrogen-bond acceptors (Lipinski definition) is 10. The third kappa shape index (κ3) is 5.00. The number of nitro groups is 1. The van der Waals surface area contributed by atoms with Crippen molar-refractivity contribution in [2.24, 2.45) is 10.9 Å². The van der Waals surface area contributed by atoms with Gasteiger partial charge in [0.05, 0.1) is 23.8 Å². The first-order valence-corrected chi connectivity index (χ1v) is 11.6. The summed E-state index contributed by atoms with van der Waals surface area (Å²) in [6.07, 6.45) is 3.93. The molecule has 0 aliphatic carbocycles. The van der Waals surface area contributed by atoms with Crippen molar-refractivity contribution in [2.45, 2.75) is 30.8 Å². The highest BCUT2D eigenvalue weighted by atomic mass is 35.5. The lowest BCUT2D eigenvalue weighted by Gasteiger charge is -2.31. The van der Waals surface area contributed by atoms with Gasteiger partial charge in [-0.3, -0.25) is 19.9 Å². The van der Waals surface area contributed by atoms with E-state index in [1.54, 1.807) is 47.3 Å². The standard InChI is InChI=1S/C21H23Cl2N7O4/c1-2-34-21(31)13-7-9-28(10-8-13)20-16(30(32)33)19(24-11-25-20)27-14-3-5-15(6-4-14)29-12-26-17(22)18(29)23/h3-6,11-13,17-18H,2,7-10H2,1H3,(H,24,25,27). The molecule has 2 unspecified atom stereocenters. The van der Waals surface area contributed by atoms with Crippen molar-refractivity contribution < 1.29 is 14.5 Å². The first-order valence-electron chi connectivity index (χ1n) is 10.8. The number of rotatable bonds is 7. The Bertz CT molecular complexity index is 1080. The third-order valence-electron chi connectivity index (χ3n) is 5.65.